The molecule has 0 spiro atoms. The molecule has 2 unspecified atom stereocenters. The fourth-order valence-corrected chi connectivity index (χ4v) is 4.52. The number of benzene rings is 1. The van der Waals surface area contributed by atoms with Gasteiger partial charge in [-0.3, -0.25) is 4.79 Å². The first-order chi connectivity index (χ1) is 9.23. The lowest BCUT2D eigenvalue weighted by molar-refractivity contribution is 0.1000. The predicted octanol–water partition coefficient (Wildman–Crippen LogP) is 0.787. The van der Waals surface area contributed by atoms with E-state index in [0.717, 1.165) is 6.42 Å². The van der Waals surface area contributed by atoms with E-state index in [2.05, 4.69) is 0 Å². The summed E-state index contributed by atoms with van der Waals surface area (Å²) in [6, 6.07) is 3.99. The first-order valence-corrected chi connectivity index (χ1v) is 7.88. The third-order valence-electron chi connectivity index (χ3n) is 3.61. The van der Waals surface area contributed by atoms with Gasteiger partial charge in [0.05, 0.1) is 5.69 Å². The van der Waals surface area contributed by atoms with Crippen molar-refractivity contribution in [1.82, 2.24) is 4.31 Å². The Balaban J connectivity index is 2.42. The van der Waals surface area contributed by atoms with Gasteiger partial charge in [0.25, 0.3) is 0 Å². The van der Waals surface area contributed by atoms with Crippen molar-refractivity contribution in [1.29, 1.82) is 0 Å². The Bertz CT molecular complexity index is 642. The van der Waals surface area contributed by atoms with Crippen molar-refractivity contribution < 1.29 is 13.2 Å². The highest BCUT2D eigenvalue weighted by Crippen LogP contribution is 2.31. The Morgan fingerprint density at radius 1 is 1.35 bits per heavy atom. The minimum Gasteiger partial charge on any atom is -0.398 e. The van der Waals surface area contributed by atoms with Crippen molar-refractivity contribution in [2.45, 2.75) is 31.2 Å². The fraction of sp³-hybridized carbons (Fsp3) is 0.462. The molecule has 6 nitrogen and oxygen atoms in total. The zero-order valence-corrected chi connectivity index (χ0v) is 12.4. The van der Waals surface area contributed by atoms with E-state index in [-0.39, 0.29) is 22.2 Å². The van der Waals surface area contributed by atoms with Gasteiger partial charge in [-0.25, -0.2) is 8.42 Å². The molecule has 1 aliphatic heterocycles. The van der Waals surface area contributed by atoms with Crippen molar-refractivity contribution in [3.05, 3.63) is 23.8 Å². The molecule has 1 amide bonds. The van der Waals surface area contributed by atoms with Crippen molar-refractivity contribution >= 4 is 21.6 Å². The molecule has 7 heteroatoms. The number of carbonyl (C=O) groups is 1. The second-order valence-corrected chi connectivity index (χ2v) is 7.24. The molecule has 2 rings (SSSR count). The summed E-state index contributed by atoms with van der Waals surface area (Å²) in [7, 11) is -3.64. The summed E-state index contributed by atoms with van der Waals surface area (Å²) >= 11 is 0. The van der Waals surface area contributed by atoms with E-state index in [1.54, 1.807) is 0 Å². The highest BCUT2D eigenvalue weighted by Gasteiger charge is 2.36. The van der Waals surface area contributed by atoms with Gasteiger partial charge in [0.1, 0.15) is 4.90 Å². The molecule has 4 N–H and O–H groups in total. The molecule has 1 fully saturated rings. The Morgan fingerprint density at radius 2 is 2.00 bits per heavy atom. The summed E-state index contributed by atoms with van der Waals surface area (Å²) in [6.07, 6.45) is 0.832. The number of carbonyl (C=O) groups excluding carboxylic acids is 1. The number of amides is 1. The lowest BCUT2D eigenvalue weighted by atomic mass is 10.1. The van der Waals surface area contributed by atoms with Crippen LogP contribution in [0.4, 0.5) is 5.69 Å². The predicted molar refractivity (Wildman–Crippen MR) is 76.5 cm³/mol. The minimum atomic E-state index is -3.64. The van der Waals surface area contributed by atoms with Gasteiger partial charge in [-0.2, -0.15) is 4.31 Å². The molecular weight excluding hydrogens is 278 g/mol. The average molecular weight is 297 g/mol. The third-order valence-corrected chi connectivity index (χ3v) is 5.66. The molecule has 0 aliphatic carbocycles. The van der Waals surface area contributed by atoms with Crippen molar-refractivity contribution in [3.8, 4) is 0 Å². The van der Waals surface area contributed by atoms with Crippen LogP contribution in [0.3, 0.4) is 0 Å². The molecule has 1 aromatic carbocycles. The number of primary amides is 1. The fourth-order valence-electron chi connectivity index (χ4n) is 2.66. The lowest BCUT2D eigenvalue weighted by Crippen LogP contribution is -2.34. The Labute approximate surface area is 118 Å². The summed E-state index contributed by atoms with van der Waals surface area (Å²) in [6.45, 7) is 4.39. The molecule has 0 aromatic heterocycles. The summed E-state index contributed by atoms with van der Waals surface area (Å²) in [4.78, 5) is 11.1. The van der Waals surface area contributed by atoms with E-state index in [4.69, 9.17) is 11.5 Å². The third kappa shape index (κ3) is 2.51. The van der Waals surface area contributed by atoms with Gasteiger partial charge in [0.2, 0.25) is 15.9 Å². The van der Waals surface area contributed by atoms with Crippen molar-refractivity contribution in [3.63, 3.8) is 0 Å². The lowest BCUT2D eigenvalue weighted by Gasteiger charge is -2.22. The molecule has 1 aromatic rings. The summed E-state index contributed by atoms with van der Waals surface area (Å²) in [5, 5.41) is 0. The van der Waals surface area contributed by atoms with Crippen molar-refractivity contribution in [2.24, 2.45) is 11.7 Å². The van der Waals surface area contributed by atoms with Gasteiger partial charge in [0, 0.05) is 18.2 Å². The summed E-state index contributed by atoms with van der Waals surface area (Å²) < 4.78 is 26.7. The van der Waals surface area contributed by atoms with Crippen LogP contribution in [0.5, 0.6) is 0 Å². The highest BCUT2D eigenvalue weighted by atomic mass is 32.2. The van der Waals surface area contributed by atoms with E-state index < -0.39 is 15.9 Å². The molecule has 1 saturated heterocycles. The van der Waals surface area contributed by atoms with Crippen molar-refractivity contribution in [2.75, 3.05) is 12.3 Å². The highest BCUT2D eigenvalue weighted by molar-refractivity contribution is 7.89. The zero-order chi connectivity index (χ0) is 15.1. The topological polar surface area (TPSA) is 106 Å². The monoisotopic (exact) mass is 297 g/mol. The van der Waals surface area contributed by atoms with Crippen LogP contribution in [-0.4, -0.2) is 31.2 Å². The van der Waals surface area contributed by atoms with Crippen LogP contribution in [0.25, 0.3) is 0 Å². The van der Waals surface area contributed by atoms with E-state index in [1.165, 1.54) is 22.5 Å². The molecule has 20 heavy (non-hydrogen) atoms. The molecule has 1 aliphatic rings. The molecule has 1 heterocycles. The normalized spacial score (nSPS) is 23.9. The van der Waals surface area contributed by atoms with Gasteiger partial charge < -0.3 is 11.5 Å². The van der Waals surface area contributed by atoms with E-state index >= 15 is 0 Å². The molecule has 0 radical (unpaired) electrons. The van der Waals surface area contributed by atoms with Gasteiger partial charge >= 0.3 is 0 Å². The van der Waals surface area contributed by atoms with Crippen LogP contribution in [0.2, 0.25) is 0 Å². The maximum atomic E-state index is 12.6. The molecule has 2 atom stereocenters. The molecule has 110 valence electrons. The molecule has 0 bridgehead atoms. The largest absolute Gasteiger partial charge is 0.398 e. The van der Waals surface area contributed by atoms with Crippen LogP contribution in [0.1, 0.15) is 30.6 Å². The first kappa shape index (κ1) is 14.8. The van der Waals surface area contributed by atoms with Gasteiger partial charge in [-0.05, 0) is 37.5 Å². The van der Waals surface area contributed by atoms with Crippen LogP contribution in [-0.2, 0) is 10.0 Å². The van der Waals surface area contributed by atoms with Gasteiger partial charge in [-0.1, -0.05) is 6.92 Å². The number of hydrogen-bond acceptors (Lipinski definition) is 4. The first-order valence-electron chi connectivity index (χ1n) is 6.44. The molecular formula is C13H19N3O3S. The van der Waals surface area contributed by atoms with Crippen LogP contribution >= 0.6 is 0 Å². The Kier molecular flexibility index (Phi) is 3.75. The number of nitrogens with zero attached hydrogens (tertiary/aromatic N) is 1. The van der Waals surface area contributed by atoms with Crippen LogP contribution in [0, 0.1) is 5.92 Å². The average Bonchev–Trinajstić information content (AvgIpc) is 2.68. The quantitative estimate of drug-likeness (QED) is 0.804. The minimum absolute atomic E-state index is 0.0310. The standard InChI is InChI=1S/C13H19N3O3S/c1-8-5-9(2)16(7-8)20(18,19)12-4-3-10(13(15)17)6-11(12)14/h3-4,6,8-9H,5,7,14H2,1-2H3,(H2,15,17). The number of nitrogen functional groups attached to an aromatic ring is 1. The number of hydrogen-bond donors (Lipinski definition) is 2. The van der Waals surface area contributed by atoms with Crippen LogP contribution < -0.4 is 11.5 Å². The maximum Gasteiger partial charge on any atom is 0.248 e. The SMILES string of the molecule is CC1CC(C)N(S(=O)(=O)c2ccc(C(N)=O)cc2N)C1. The van der Waals surface area contributed by atoms with E-state index in [0.29, 0.717) is 12.5 Å². The second kappa shape index (κ2) is 5.06. The number of rotatable bonds is 3. The van der Waals surface area contributed by atoms with E-state index in [1.807, 2.05) is 13.8 Å². The second-order valence-electron chi connectivity index (χ2n) is 5.38. The Morgan fingerprint density at radius 3 is 2.45 bits per heavy atom. The summed E-state index contributed by atoms with van der Waals surface area (Å²) in [5.74, 6) is -0.310. The zero-order valence-electron chi connectivity index (χ0n) is 11.5. The Hall–Kier alpha value is -1.60. The number of nitrogens with two attached hydrogens (primary N) is 2. The number of anilines is 1. The smallest absolute Gasteiger partial charge is 0.248 e. The molecule has 0 saturated carbocycles. The number of sulfonamides is 1. The van der Waals surface area contributed by atoms with Gasteiger partial charge in [-0.15, -0.1) is 0 Å². The van der Waals surface area contributed by atoms with Gasteiger partial charge in [0.15, 0.2) is 0 Å². The summed E-state index contributed by atoms with van der Waals surface area (Å²) in [5.41, 5.74) is 11.2. The van der Waals surface area contributed by atoms with Crippen LogP contribution in [0.15, 0.2) is 23.1 Å². The van der Waals surface area contributed by atoms with E-state index in [9.17, 15) is 13.2 Å². The maximum absolute atomic E-state index is 12.6.